The minimum absolute atomic E-state index is 0.0390. The summed E-state index contributed by atoms with van der Waals surface area (Å²) in [5.74, 6) is 4.35. The summed E-state index contributed by atoms with van der Waals surface area (Å²) in [6, 6.07) is 5.73. The summed E-state index contributed by atoms with van der Waals surface area (Å²) in [5, 5.41) is 10.5. The van der Waals surface area contributed by atoms with Gasteiger partial charge < -0.3 is 0 Å². The molecule has 0 fully saturated rings. The van der Waals surface area contributed by atoms with Gasteiger partial charge in [0, 0.05) is 12.1 Å². The summed E-state index contributed by atoms with van der Waals surface area (Å²) >= 11 is 0. The van der Waals surface area contributed by atoms with Crippen LogP contribution in [0.4, 0.5) is 5.69 Å². The minimum Gasteiger partial charge on any atom is -0.258 e. The van der Waals surface area contributed by atoms with Crippen LogP contribution in [-0.2, 0) is 16.4 Å². The van der Waals surface area contributed by atoms with Crippen molar-refractivity contribution in [1.82, 2.24) is 4.31 Å². The van der Waals surface area contributed by atoms with Crippen LogP contribution in [0.5, 0.6) is 0 Å². The summed E-state index contributed by atoms with van der Waals surface area (Å²) in [5.41, 5.74) is 0.647. The molecule has 0 unspecified atom stereocenters. The molecule has 110 valence electrons. The summed E-state index contributed by atoms with van der Waals surface area (Å²) in [6.07, 6.45) is 10.5. The lowest BCUT2D eigenvalue weighted by molar-refractivity contribution is -0.384. The minimum atomic E-state index is -3.56. The molecular formula is C14H14N2O4S. The third-order valence-corrected chi connectivity index (χ3v) is 4.49. The first-order valence-corrected chi connectivity index (χ1v) is 7.59. The summed E-state index contributed by atoms with van der Waals surface area (Å²) in [6.45, 7) is -0.153. The highest BCUT2D eigenvalue weighted by atomic mass is 32.2. The van der Waals surface area contributed by atoms with Crippen molar-refractivity contribution in [3.63, 3.8) is 0 Å². The number of nitro groups is 1. The maximum atomic E-state index is 12.1. The molecule has 0 amide bonds. The molecule has 0 N–H and O–H groups in total. The number of sulfonamides is 1. The van der Waals surface area contributed by atoms with Crippen LogP contribution < -0.4 is 0 Å². The van der Waals surface area contributed by atoms with Gasteiger partial charge in [0.2, 0.25) is 10.0 Å². The molecular weight excluding hydrogens is 292 g/mol. The zero-order valence-electron chi connectivity index (χ0n) is 11.2. The maximum Gasteiger partial charge on any atom is 0.269 e. The molecule has 0 saturated carbocycles. The molecule has 0 aliphatic carbocycles. The van der Waals surface area contributed by atoms with Crippen molar-refractivity contribution >= 4 is 15.7 Å². The van der Waals surface area contributed by atoms with E-state index in [4.69, 9.17) is 12.8 Å². The fourth-order valence-electron chi connectivity index (χ4n) is 1.62. The fourth-order valence-corrected chi connectivity index (χ4v) is 2.91. The Kier molecular flexibility index (Phi) is 5.92. The van der Waals surface area contributed by atoms with Gasteiger partial charge in [0.15, 0.2) is 0 Å². The monoisotopic (exact) mass is 306 g/mol. The number of nitrogens with zero attached hydrogens (tertiary/aromatic N) is 2. The second kappa shape index (κ2) is 7.44. The molecule has 0 radical (unpaired) electrons. The van der Waals surface area contributed by atoms with Crippen LogP contribution in [-0.4, -0.2) is 36.5 Å². The summed E-state index contributed by atoms with van der Waals surface area (Å²) in [7, 11) is -3.56. The van der Waals surface area contributed by atoms with Gasteiger partial charge in [-0.3, -0.25) is 10.1 Å². The van der Waals surface area contributed by atoms with Gasteiger partial charge in [-0.2, -0.15) is 4.31 Å². The van der Waals surface area contributed by atoms with Crippen LogP contribution in [0.25, 0.3) is 0 Å². The van der Waals surface area contributed by atoms with Crippen LogP contribution in [0, 0.1) is 34.8 Å². The van der Waals surface area contributed by atoms with E-state index in [0.29, 0.717) is 5.56 Å². The molecule has 21 heavy (non-hydrogen) atoms. The normalized spacial score (nSPS) is 10.8. The predicted molar refractivity (Wildman–Crippen MR) is 79.8 cm³/mol. The molecule has 1 aromatic rings. The first-order chi connectivity index (χ1) is 9.90. The van der Waals surface area contributed by atoms with E-state index in [9.17, 15) is 18.5 Å². The van der Waals surface area contributed by atoms with Crippen molar-refractivity contribution in [3.8, 4) is 24.7 Å². The van der Waals surface area contributed by atoms with Gasteiger partial charge in [-0.15, -0.1) is 12.8 Å². The van der Waals surface area contributed by atoms with Crippen LogP contribution >= 0.6 is 0 Å². The van der Waals surface area contributed by atoms with Gasteiger partial charge in [-0.05, 0) is 12.0 Å². The topological polar surface area (TPSA) is 80.5 Å². The second-order valence-electron chi connectivity index (χ2n) is 4.17. The molecule has 1 aromatic carbocycles. The number of hydrogen-bond donors (Lipinski definition) is 0. The standard InChI is InChI=1S/C14H14N2O4S/c1-3-10-15(11-4-2)21(19,20)12-9-13-5-7-14(8-6-13)16(17)18/h1-2,5-8H,9-12H2. The zero-order chi connectivity index (χ0) is 15.9. The van der Waals surface area contributed by atoms with E-state index in [1.165, 1.54) is 24.3 Å². The number of aryl methyl sites for hydroxylation is 1. The first kappa shape index (κ1) is 16.7. The third-order valence-electron chi connectivity index (χ3n) is 2.72. The van der Waals surface area contributed by atoms with Crippen molar-refractivity contribution in [3.05, 3.63) is 39.9 Å². The first-order valence-electron chi connectivity index (χ1n) is 5.99. The van der Waals surface area contributed by atoms with E-state index in [0.717, 1.165) is 4.31 Å². The Labute approximate surface area is 124 Å². The third kappa shape index (κ3) is 4.92. The number of terminal acetylenes is 2. The van der Waals surface area contributed by atoms with Crippen LogP contribution in [0.15, 0.2) is 24.3 Å². The molecule has 0 aromatic heterocycles. The van der Waals surface area contributed by atoms with Crippen LogP contribution in [0.1, 0.15) is 5.56 Å². The van der Waals surface area contributed by atoms with E-state index >= 15 is 0 Å². The lowest BCUT2D eigenvalue weighted by Crippen LogP contribution is -2.34. The molecule has 0 atom stereocenters. The smallest absolute Gasteiger partial charge is 0.258 e. The lowest BCUT2D eigenvalue weighted by atomic mass is 10.1. The van der Waals surface area contributed by atoms with Crippen molar-refractivity contribution in [2.24, 2.45) is 0 Å². The maximum absolute atomic E-state index is 12.1. The largest absolute Gasteiger partial charge is 0.269 e. The number of hydrogen-bond acceptors (Lipinski definition) is 4. The highest BCUT2D eigenvalue weighted by Gasteiger charge is 2.20. The van der Waals surface area contributed by atoms with Gasteiger partial charge in [0.1, 0.15) is 0 Å². The Balaban J connectivity index is 2.74. The molecule has 7 heteroatoms. The lowest BCUT2D eigenvalue weighted by Gasteiger charge is -2.17. The molecule has 0 heterocycles. The molecule has 0 aliphatic heterocycles. The number of non-ortho nitro benzene ring substituents is 1. The summed E-state index contributed by atoms with van der Waals surface area (Å²) < 4.78 is 25.2. The Hall–Kier alpha value is -2.35. The van der Waals surface area contributed by atoms with E-state index in [1.54, 1.807) is 0 Å². The Morgan fingerprint density at radius 2 is 1.67 bits per heavy atom. The average Bonchev–Trinajstić information content (AvgIpc) is 2.45. The predicted octanol–water partition coefficient (Wildman–Crippen LogP) is 1.04. The molecule has 6 nitrogen and oxygen atoms in total. The molecule has 1 rings (SSSR count). The Morgan fingerprint density at radius 3 is 2.10 bits per heavy atom. The molecule has 0 aliphatic rings. The highest BCUT2D eigenvalue weighted by Crippen LogP contribution is 2.13. The van der Waals surface area contributed by atoms with E-state index < -0.39 is 14.9 Å². The van der Waals surface area contributed by atoms with Gasteiger partial charge in [-0.1, -0.05) is 24.0 Å². The van der Waals surface area contributed by atoms with Gasteiger partial charge in [-0.25, -0.2) is 8.42 Å². The summed E-state index contributed by atoms with van der Waals surface area (Å²) in [4.78, 5) is 10.0. The zero-order valence-corrected chi connectivity index (χ0v) is 12.0. The van der Waals surface area contributed by atoms with Gasteiger partial charge in [0.25, 0.3) is 5.69 Å². The van der Waals surface area contributed by atoms with E-state index in [2.05, 4.69) is 11.8 Å². The van der Waals surface area contributed by atoms with Crippen LogP contribution in [0.2, 0.25) is 0 Å². The number of benzene rings is 1. The second-order valence-corrected chi connectivity index (χ2v) is 6.25. The SMILES string of the molecule is C#CCN(CC#C)S(=O)(=O)CCc1ccc([N+](=O)[O-])cc1. The van der Waals surface area contributed by atoms with Gasteiger partial charge in [0.05, 0.1) is 23.8 Å². The quantitative estimate of drug-likeness (QED) is 0.428. The molecule has 0 bridgehead atoms. The fraction of sp³-hybridized carbons (Fsp3) is 0.286. The molecule has 0 saturated heterocycles. The van der Waals surface area contributed by atoms with Crippen molar-refractivity contribution in [2.45, 2.75) is 6.42 Å². The Bertz CT molecular complexity index is 665. The van der Waals surface area contributed by atoms with E-state index in [1.807, 2.05) is 0 Å². The highest BCUT2D eigenvalue weighted by molar-refractivity contribution is 7.89. The number of nitro benzene ring substituents is 1. The van der Waals surface area contributed by atoms with E-state index in [-0.39, 0.29) is 31.0 Å². The van der Waals surface area contributed by atoms with Gasteiger partial charge >= 0.3 is 0 Å². The van der Waals surface area contributed by atoms with Crippen molar-refractivity contribution < 1.29 is 13.3 Å². The van der Waals surface area contributed by atoms with Crippen LogP contribution in [0.3, 0.4) is 0 Å². The average molecular weight is 306 g/mol. The van der Waals surface area contributed by atoms with Crippen molar-refractivity contribution in [2.75, 3.05) is 18.8 Å². The Morgan fingerprint density at radius 1 is 1.14 bits per heavy atom. The van der Waals surface area contributed by atoms with Crippen molar-refractivity contribution in [1.29, 1.82) is 0 Å². The molecule has 0 spiro atoms. The number of rotatable bonds is 7.